The summed E-state index contributed by atoms with van der Waals surface area (Å²) in [5, 5.41) is 0.761. The minimum atomic E-state index is -3.86. The van der Waals surface area contributed by atoms with Crippen molar-refractivity contribution in [1.82, 2.24) is 9.88 Å². The summed E-state index contributed by atoms with van der Waals surface area (Å²) in [6.45, 7) is 6.46. The molecule has 0 aliphatic rings. The van der Waals surface area contributed by atoms with Gasteiger partial charge in [-0.3, -0.25) is 9.69 Å². The number of sulfone groups is 1. The van der Waals surface area contributed by atoms with Crippen molar-refractivity contribution < 1.29 is 17.6 Å². The molecule has 166 valence electrons. The van der Waals surface area contributed by atoms with Gasteiger partial charge in [0.15, 0.2) is 15.0 Å². The monoisotopic (exact) mass is 483 g/mol. The third kappa shape index (κ3) is 5.79. The molecule has 0 saturated carbocycles. The van der Waals surface area contributed by atoms with E-state index < -0.39 is 27.3 Å². The molecule has 1 aromatic heterocycles. The number of halogens is 2. The number of likely N-dealkylation sites (N-methyl/N-ethyl adjacent to an activating group) is 1. The molecule has 0 unspecified atom stereocenters. The molecule has 0 N–H and O–H groups in total. The van der Waals surface area contributed by atoms with Crippen molar-refractivity contribution in [2.45, 2.75) is 18.7 Å². The maximum Gasteiger partial charge on any atom is 0.244 e. The Hall–Kier alpha value is -2.07. The lowest BCUT2D eigenvalue weighted by Crippen LogP contribution is -2.41. The third-order valence-electron chi connectivity index (χ3n) is 4.89. The lowest BCUT2D eigenvalue weighted by Gasteiger charge is -2.24. The van der Waals surface area contributed by atoms with Gasteiger partial charge in [0.05, 0.1) is 15.1 Å². The maximum atomic E-state index is 13.6. The van der Waals surface area contributed by atoms with Crippen LogP contribution in [0.15, 0.2) is 47.4 Å². The molecular weight excluding hydrogens is 461 g/mol. The van der Waals surface area contributed by atoms with Crippen molar-refractivity contribution in [3.05, 3.63) is 53.3 Å². The first-order valence-electron chi connectivity index (χ1n) is 9.80. The van der Waals surface area contributed by atoms with Gasteiger partial charge in [-0.1, -0.05) is 36.8 Å². The molecule has 1 amide bonds. The molecule has 1 heterocycles. The van der Waals surface area contributed by atoms with Crippen LogP contribution in [0, 0.1) is 5.82 Å². The second-order valence-corrected chi connectivity index (χ2v) is 10.3. The van der Waals surface area contributed by atoms with Crippen LogP contribution in [0.3, 0.4) is 0 Å². The van der Waals surface area contributed by atoms with E-state index in [1.165, 1.54) is 41.3 Å². The minimum absolute atomic E-state index is 0.0281. The van der Waals surface area contributed by atoms with Crippen molar-refractivity contribution in [2.75, 3.05) is 36.8 Å². The fraction of sp³-hybridized carbons (Fsp3) is 0.333. The van der Waals surface area contributed by atoms with Crippen molar-refractivity contribution in [2.24, 2.45) is 0 Å². The molecule has 0 radical (unpaired) electrons. The number of carbonyl (C=O) groups is 1. The van der Waals surface area contributed by atoms with E-state index in [0.29, 0.717) is 26.9 Å². The molecule has 3 rings (SSSR count). The molecule has 0 atom stereocenters. The van der Waals surface area contributed by atoms with Gasteiger partial charge in [-0.15, -0.1) is 0 Å². The number of hydrogen-bond acceptors (Lipinski definition) is 6. The van der Waals surface area contributed by atoms with E-state index in [4.69, 9.17) is 11.6 Å². The van der Waals surface area contributed by atoms with Gasteiger partial charge in [0.1, 0.15) is 11.6 Å². The first-order valence-corrected chi connectivity index (χ1v) is 12.6. The molecule has 6 nitrogen and oxygen atoms in total. The van der Waals surface area contributed by atoms with Crippen LogP contribution in [0.25, 0.3) is 10.2 Å². The largest absolute Gasteiger partial charge is 0.302 e. The summed E-state index contributed by atoms with van der Waals surface area (Å²) in [5.74, 6) is -1.67. The highest BCUT2D eigenvalue weighted by Crippen LogP contribution is 2.30. The second kappa shape index (κ2) is 10.0. The summed E-state index contributed by atoms with van der Waals surface area (Å²) in [4.78, 5) is 21.1. The average molecular weight is 484 g/mol. The predicted molar refractivity (Wildman–Crippen MR) is 123 cm³/mol. The SMILES string of the molecule is CCN(CC)CCN(C(=O)CS(=O)(=O)c1ccc(Cl)cc1)c1nc2ccc(F)cc2s1. The van der Waals surface area contributed by atoms with E-state index in [0.717, 1.165) is 24.4 Å². The fourth-order valence-electron chi connectivity index (χ4n) is 3.08. The summed E-state index contributed by atoms with van der Waals surface area (Å²) in [7, 11) is -3.86. The van der Waals surface area contributed by atoms with Gasteiger partial charge < -0.3 is 4.90 Å². The van der Waals surface area contributed by atoms with E-state index in [9.17, 15) is 17.6 Å². The lowest BCUT2D eigenvalue weighted by atomic mass is 10.3. The highest BCUT2D eigenvalue weighted by Gasteiger charge is 2.27. The Kier molecular flexibility index (Phi) is 7.64. The van der Waals surface area contributed by atoms with E-state index in [1.807, 2.05) is 13.8 Å². The summed E-state index contributed by atoms with van der Waals surface area (Å²) in [6, 6.07) is 9.91. The first kappa shape index (κ1) is 23.6. The molecular formula is C21H23ClFN3O3S2. The number of fused-ring (bicyclic) bond motifs is 1. The summed E-state index contributed by atoms with van der Waals surface area (Å²) in [5.41, 5.74) is 0.558. The molecule has 0 saturated heterocycles. The number of carbonyl (C=O) groups excluding carboxylic acids is 1. The topological polar surface area (TPSA) is 70.6 Å². The van der Waals surface area contributed by atoms with Crippen molar-refractivity contribution in [1.29, 1.82) is 0 Å². The van der Waals surface area contributed by atoms with Crippen LogP contribution in [0.5, 0.6) is 0 Å². The Morgan fingerprint density at radius 1 is 1.10 bits per heavy atom. The number of rotatable bonds is 9. The molecule has 3 aromatic rings. The number of anilines is 1. The van der Waals surface area contributed by atoms with Gasteiger partial charge in [0, 0.05) is 18.1 Å². The van der Waals surface area contributed by atoms with Crippen LogP contribution in [0.4, 0.5) is 9.52 Å². The van der Waals surface area contributed by atoms with Crippen LogP contribution >= 0.6 is 22.9 Å². The normalized spacial score (nSPS) is 11.9. The van der Waals surface area contributed by atoms with Gasteiger partial charge >= 0.3 is 0 Å². The van der Waals surface area contributed by atoms with E-state index in [2.05, 4.69) is 9.88 Å². The Morgan fingerprint density at radius 3 is 2.42 bits per heavy atom. The van der Waals surface area contributed by atoms with Gasteiger partial charge in [0.2, 0.25) is 5.91 Å². The van der Waals surface area contributed by atoms with Crippen LogP contribution in [0.1, 0.15) is 13.8 Å². The molecule has 0 aliphatic heterocycles. The number of nitrogens with zero attached hydrogens (tertiary/aromatic N) is 3. The summed E-state index contributed by atoms with van der Waals surface area (Å²) in [6.07, 6.45) is 0. The Bertz CT molecular complexity index is 1160. The first-order chi connectivity index (χ1) is 14.7. The number of thiazole rings is 1. The van der Waals surface area contributed by atoms with Crippen LogP contribution in [-0.4, -0.2) is 56.1 Å². The number of benzene rings is 2. The van der Waals surface area contributed by atoms with Crippen LogP contribution in [0.2, 0.25) is 5.02 Å². The number of hydrogen-bond donors (Lipinski definition) is 0. The van der Waals surface area contributed by atoms with E-state index in [1.54, 1.807) is 6.07 Å². The summed E-state index contributed by atoms with van der Waals surface area (Å²) >= 11 is 7.00. The highest BCUT2D eigenvalue weighted by atomic mass is 35.5. The molecule has 10 heteroatoms. The number of amides is 1. The van der Waals surface area contributed by atoms with Crippen molar-refractivity contribution in [3.63, 3.8) is 0 Å². The third-order valence-corrected chi connectivity index (χ3v) is 7.80. The van der Waals surface area contributed by atoms with E-state index in [-0.39, 0.29) is 11.4 Å². The smallest absolute Gasteiger partial charge is 0.244 e. The van der Waals surface area contributed by atoms with Crippen molar-refractivity contribution in [3.8, 4) is 0 Å². The van der Waals surface area contributed by atoms with Gasteiger partial charge in [-0.2, -0.15) is 0 Å². The molecule has 0 bridgehead atoms. The molecule has 2 aromatic carbocycles. The second-order valence-electron chi connectivity index (χ2n) is 6.89. The fourth-order valence-corrected chi connectivity index (χ4v) is 5.43. The minimum Gasteiger partial charge on any atom is -0.302 e. The predicted octanol–water partition coefficient (Wildman–Crippen LogP) is 4.24. The highest BCUT2D eigenvalue weighted by molar-refractivity contribution is 7.92. The standard InChI is InChI=1S/C21H23ClFN3O3S2/c1-3-25(4-2)11-12-26(21-24-18-10-7-16(23)13-19(18)30-21)20(27)14-31(28,29)17-8-5-15(22)6-9-17/h5-10,13H,3-4,11-12,14H2,1-2H3. The Morgan fingerprint density at radius 2 is 1.77 bits per heavy atom. The maximum absolute atomic E-state index is 13.6. The van der Waals surface area contributed by atoms with Crippen LogP contribution in [-0.2, 0) is 14.6 Å². The molecule has 31 heavy (non-hydrogen) atoms. The Balaban J connectivity index is 1.90. The van der Waals surface area contributed by atoms with E-state index >= 15 is 0 Å². The Labute approximate surface area is 190 Å². The quantitative estimate of drug-likeness (QED) is 0.455. The van der Waals surface area contributed by atoms with Gasteiger partial charge in [-0.05, 0) is 55.6 Å². The average Bonchev–Trinajstić information content (AvgIpc) is 3.13. The van der Waals surface area contributed by atoms with Gasteiger partial charge in [-0.25, -0.2) is 17.8 Å². The van der Waals surface area contributed by atoms with Crippen LogP contribution < -0.4 is 4.90 Å². The zero-order valence-electron chi connectivity index (χ0n) is 17.2. The van der Waals surface area contributed by atoms with Gasteiger partial charge in [0.25, 0.3) is 0 Å². The zero-order chi connectivity index (χ0) is 22.6. The molecule has 0 aliphatic carbocycles. The zero-order valence-corrected chi connectivity index (χ0v) is 19.6. The number of aromatic nitrogens is 1. The molecule has 0 spiro atoms. The molecule has 0 fully saturated rings. The van der Waals surface area contributed by atoms with Crippen molar-refractivity contribution >= 4 is 54.0 Å². The lowest BCUT2D eigenvalue weighted by molar-refractivity contribution is -0.116. The summed E-state index contributed by atoms with van der Waals surface area (Å²) < 4.78 is 39.8.